The Balaban J connectivity index is 0.00000240. The van der Waals surface area contributed by atoms with E-state index in [1.54, 1.807) is 19.1 Å². The Morgan fingerprint density at radius 2 is 1.69 bits per heavy atom. The maximum absolute atomic E-state index is 12.0. The molecular formula is C23H19ClN3O2-. The quantitative estimate of drug-likeness (QED) is 0.517. The number of halogens is 1. The van der Waals surface area contributed by atoms with E-state index in [4.69, 9.17) is 14.7 Å². The second kappa shape index (κ2) is 9.17. The predicted octanol–water partition coefficient (Wildman–Crippen LogP) is 2.22. The summed E-state index contributed by atoms with van der Waals surface area (Å²) >= 11 is 0. The van der Waals surface area contributed by atoms with Crippen molar-refractivity contribution in [3.63, 3.8) is 0 Å². The van der Waals surface area contributed by atoms with Crippen molar-refractivity contribution < 1.29 is 21.9 Å². The largest absolute Gasteiger partial charge is 1.00 e. The van der Waals surface area contributed by atoms with Crippen molar-refractivity contribution >= 4 is 28.4 Å². The number of anilines is 2. The van der Waals surface area contributed by atoms with Crippen LogP contribution in [0.25, 0.3) is 22.3 Å². The fourth-order valence-corrected chi connectivity index (χ4v) is 2.96. The lowest BCUT2D eigenvalue weighted by molar-refractivity contribution is -0.0000235. The van der Waals surface area contributed by atoms with Gasteiger partial charge in [-0.25, -0.2) is 14.8 Å². The number of carbonyl (C=O) groups excluding carboxylic acids is 1. The number of ether oxygens (including phenoxy) is 1. The number of hydrogen-bond donors (Lipinski definition) is 1. The summed E-state index contributed by atoms with van der Waals surface area (Å²) in [5.74, 6) is 0.984. The molecule has 0 saturated carbocycles. The fourth-order valence-electron chi connectivity index (χ4n) is 2.96. The molecule has 0 aliphatic heterocycles. The van der Waals surface area contributed by atoms with Crippen LogP contribution in [0.3, 0.4) is 0 Å². The molecule has 0 fully saturated rings. The van der Waals surface area contributed by atoms with E-state index < -0.39 is 0 Å². The summed E-state index contributed by atoms with van der Waals surface area (Å²) in [6.07, 6.45) is 0. The zero-order valence-electron chi connectivity index (χ0n) is 15.8. The van der Waals surface area contributed by atoms with Crippen LogP contribution in [-0.4, -0.2) is 22.5 Å². The van der Waals surface area contributed by atoms with Crippen molar-refractivity contribution in [3.05, 3.63) is 84.4 Å². The molecule has 0 radical (unpaired) electrons. The Morgan fingerprint density at radius 3 is 2.48 bits per heavy atom. The van der Waals surface area contributed by atoms with Crippen LogP contribution in [0.4, 0.5) is 11.5 Å². The molecule has 6 heteroatoms. The van der Waals surface area contributed by atoms with Crippen LogP contribution in [0.1, 0.15) is 17.3 Å². The lowest BCUT2D eigenvalue weighted by atomic mass is 10.1. The number of hydrogen-bond acceptors (Lipinski definition) is 5. The Kier molecular flexibility index (Phi) is 6.42. The van der Waals surface area contributed by atoms with Crippen LogP contribution in [0.2, 0.25) is 0 Å². The normalized spacial score (nSPS) is 10.2. The van der Waals surface area contributed by atoms with Gasteiger partial charge in [-0.05, 0) is 37.3 Å². The Morgan fingerprint density at radius 1 is 0.931 bits per heavy atom. The number of para-hydroxylation sites is 1. The molecule has 0 unspecified atom stereocenters. The van der Waals surface area contributed by atoms with Gasteiger partial charge >= 0.3 is 5.97 Å². The van der Waals surface area contributed by atoms with Crippen molar-refractivity contribution in [2.24, 2.45) is 0 Å². The van der Waals surface area contributed by atoms with Crippen LogP contribution in [0.15, 0.2) is 78.9 Å². The third kappa shape index (κ3) is 4.52. The molecule has 146 valence electrons. The van der Waals surface area contributed by atoms with Crippen molar-refractivity contribution in [1.82, 2.24) is 9.97 Å². The van der Waals surface area contributed by atoms with E-state index in [-0.39, 0.29) is 18.4 Å². The van der Waals surface area contributed by atoms with Crippen molar-refractivity contribution in [3.8, 4) is 11.4 Å². The standard InChI is InChI=1S/C23H19N3O2.ClH/c1-2-28-23(27)17-11-8-12-18(15-17)24-22-19-13-6-7-14-20(19)25-21(26-22)16-9-4-3-5-10-16;/h3-15H,2H2,1H3,(H,24,25,26);1H/p-1. The molecule has 0 bridgehead atoms. The van der Waals surface area contributed by atoms with Crippen LogP contribution in [0.5, 0.6) is 0 Å². The number of carbonyl (C=O) groups is 1. The molecule has 1 aromatic heterocycles. The summed E-state index contributed by atoms with van der Waals surface area (Å²) in [5, 5.41) is 4.24. The highest BCUT2D eigenvalue weighted by molar-refractivity contribution is 5.94. The Hall–Kier alpha value is -3.44. The summed E-state index contributed by atoms with van der Waals surface area (Å²) in [5.41, 5.74) is 3.04. The summed E-state index contributed by atoms with van der Waals surface area (Å²) in [4.78, 5) is 21.5. The van der Waals surface area contributed by atoms with E-state index in [2.05, 4.69) is 5.32 Å². The molecule has 1 heterocycles. The highest BCUT2D eigenvalue weighted by atomic mass is 35.5. The van der Waals surface area contributed by atoms with Gasteiger partial charge in [-0.2, -0.15) is 0 Å². The Labute approximate surface area is 175 Å². The third-order valence-electron chi connectivity index (χ3n) is 4.27. The first-order valence-electron chi connectivity index (χ1n) is 9.11. The van der Waals surface area contributed by atoms with E-state index in [9.17, 15) is 4.79 Å². The summed E-state index contributed by atoms with van der Waals surface area (Å²) in [6.45, 7) is 2.13. The van der Waals surface area contributed by atoms with Crippen molar-refractivity contribution in [1.29, 1.82) is 0 Å². The maximum atomic E-state index is 12.0. The molecule has 0 atom stereocenters. The molecule has 29 heavy (non-hydrogen) atoms. The number of nitrogens with zero attached hydrogens (tertiary/aromatic N) is 2. The van der Waals surface area contributed by atoms with Gasteiger partial charge in [0, 0.05) is 16.6 Å². The van der Waals surface area contributed by atoms with Crippen molar-refractivity contribution in [2.45, 2.75) is 6.92 Å². The van der Waals surface area contributed by atoms with E-state index in [0.717, 1.165) is 22.2 Å². The van der Waals surface area contributed by atoms with Gasteiger partial charge in [-0.15, -0.1) is 0 Å². The van der Waals surface area contributed by atoms with Gasteiger partial charge in [-0.1, -0.05) is 48.5 Å². The minimum atomic E-state index is -0.344. The van der Waals surface area contributed by atoms with Crippen LogP contribution in [0, 0.1) is 0 Å². The first kappa shape index (κ1) is 20.3. The molecule has 4 rings (SSSR count). The average molecular weight is 405 g/mol. The minimum absolute atomic E-state index is 0. The molecule has 1 N–H and O–H groups in total. The summed E-state index contributed by atoms with van der Waals surface area (Å²) in [7, 11) is 0. The number of nitrogens with one attached hydrogen (secondary N) is 1. The summed E-state index contributed by atoms with van der Waals surface area (Å²) < 4.78 is 5.09. The molecule has 0 aliphatic carbocycles. The van der Waals surface area contributed by atoms with Gasteiger partial charge in [0.15, 0.2) is 5.82 Å². The number of benzene rings is 3. The molecule has 4 aromatic rings. The molecule has 0 amide bonds. The Bertz CT molecular complexity index is 1130. The van der Waals surface area contributed by atoms with E-state index in [1.807, 2.05) is 66.7 Å². The SMILES string of the molecule is CCOC(=O)c1cccc(Nc2nc(-c3ccccc3)nc3ccccc23)c1.[Cl-]. The van der Waals surface area contributed by atoms with Crippen LogP contribution < -0.4 is 17.7 Å². The van der Waals surface area contributed by atoms with Gasteiger partial charge in [0.05, 0.1) is 17.7 Å². The number of fused-ring (bicyclic) bond motifs is 1. The lowest BCUT2D eigenvalue weighted by Gasteiger charge is -2.12. The van der Waals surface area contributed by atoms with Crippen LogP contribution in [-0.2, 0) is 4.74 Å². The first-order chi connectivity index (χ1) is 13.7. The first-order valence-corrected chi connectivity index (χ1v) is 9.11. The predicted molar refractivity (Wildman–Crippen MR) is 111 cm³/mol. The average Bonchev–Trinajstić information content (AvgIpc) is 2.75. The topological polar surface area (TPSA) is 64.1 Å². The highest BCUT2D eigenvalue weighted by Gasteiger charge is 2.11. The highest BCUT2D eigenvalue weighted by Crippen LogP contribution is 2.27. The molecule has 5 nitrogen and oxygen atoms in total. The van der Waals surface area contributed by atoms with Crippen molar-refractivity contribution in [2.75, 3.05) is 11.9 Å². The third-order valence-corrected chi connectivity index (χ3v) is 4.27. The zero-order chi connectivity index (χ0) is 19.3. The van der Waals surface area contributed by atoms with Gasteiger partial charge in [-0.3, -0.25) is 0 Å². The second-order valence-corrected chi connectivity index (χ2v) is 6.21. The smallest absolute Gasteiger partial charge is 0.338 e. The molecular weight excluding hydrogens is 386 g/mol. The van der Waals surface area contributed by atoms with Crippen LogP contribution >= 0.6 is 0 Å². The molecule has 3 aromatic carbocycles. The molecule has 0 aliphatic rings. The number of aromatic nitrogens is 2. The maximum Gasteiger partial charge on any atom is 0.338 e. The number of esters is 1. The van der Waals surface area contributed by atoms with Gasteiger partial charge < -0.3 is 22.5 Å². The summed E-state index contributed by atoms with van der Waals surface area (Å²) in [6, 6.07) is 24.9. The van der Waals surface area contributed by atoms with Gasteiger partial charge in [0.25, 0.3) is 0 Å². The molecule has 0 saturated heterocycles. The lowest BCUT2D eigenvalue weighted by Crippen LogP contribution is -3.00. The fraction of sp³-hybridized carbons (Fsp3) is 0.0870. The number of rotatable bonds is 5. The monoisotopic (exact) mass is 404 g/mol. The molecule has 0 spiro atoms. The second-order valence-electron chi connectivity index (χ2n) is 6.21. The zero-order valence-corrected chi connectivity index (χ0v) is 16.6. The van der Waals surface area contributed by atoms with E-state index >= 15 is 0 Å². The van der Waals surface area contributed by atoms with E-state index in [1.165, 1.54) is 0 Å². The van der Waals surface area contributed by atoms with Gasteiger partial charge in [0.1, 0.15) is 5.82 Å². The van der Waals surface area contributed by atoms with Gasteiger partial charge in [0.2, 0.25) is 0 Å². The minimum Gasteiger partial charge on any atom is -1.00 e. The van der Waals surface area contributed by atoms with E-state index in [0.29, 0.717) is 23.8 Å².